The van der Waals surface area contributed by atoms with Crippen LogP contribution in [0.5, 0.6) is 0 Å². The molecule has 2 heterocycles. The van der Waals surface area contributed by atoms with Crippen molar-refractivity contribution in [3.8, 4) is 6.07 Å². The van der Waals surface area contributed by atoms with Crippen LogP contribution < -0.4 is 5.32 Å². The number of aromatic nitrogens is 2. The first-order valence-corrected chi connectivity index (χ1v) is 9.20. The van der Waals surface area contributed by atoms with Gasteiger partial charge in [-0.3, -0.25) is 34.1 Å². The normalized spacial score (nSPS) is 12.6. The summed E-state index contributed by atoms with van der Waals surface area (Å²) >= 11 is 0. The Morgan fingerprint density at radius 1 is 1.27 bits per heavy atom. The third-order valence-corrected chi connectivity index (χ3v) is 4.78. The van der Waals surface area contributed by atoms with Gasteiger partial charge in [-0.2, -0.15) is 10.4 Å². The van der Waals surface area contributed by atoms with Crippen molar-refractivity contribution in [1.29, 1.82) is 5.26 Å². The molecule has 0 spiro atoms. The van der Waals surface area contributed by atoms with Gasteiger partial charge in [0, 0.05) is 26.1 Å². The second kappa shape index (κ2) is 8.52. The molecule has 3 rings (SSSR count). The number of nitro groups is 1. The van der Waals surface area contributed by atoms with Crippen molar-refractivity contribution in [2.45, 2.75) is 25.7 Å². The molecule has 1 aromatic heterocycles. The monoisotopic (exact) mass is 410 g/mol. The number of imide groups is 1. The highest BCUT2D eigenvalue weighted by molar-refractivity contribution is 6.23. The lowest BCUT2D eigenvalue weighted by molar-refractivity contribution is -0.385. The van der Waals surface area contributed by atoms with Crippen molar-refractivity contribution in [2.75, 3.05) is 11.9 Å². The maximum atomic E-state index is 12.5. The van der Waals surface area contributed by atoms with Gasteiger partial charge >= 0.3 is 0 Å². The summed E-state index contributed by atoms with van der Waals surface area (Å²) in [5.74, 6) is -1.15. The first-order chi connectivity index (χ1) is 14.3. The number of amides is 3. The predicted molar refractivity (Wildman–Crippen MR) is 103 cm³/mol. The van der Waals surface area contributed by atoms with Gasteiger partial charge in [0.25, 0.3) is 17.5 Å². The van der Waals surface area contributed by atoms with E-state index in [1.807, 2.05) is 6.07 Å². The van der Waals surface area contributed by atoms with Crippen LogP contribution in [0.1, 0.15) is 52.0 Å². The zero-order valence-corrected chi connectivity index (χ0v) is 16.1. The lowest BCUT2D eigenvalue weighted by Crippen LogP contribution is -2.30. The summed E-state index contributed by atoms with van der Waals surface area (Å²) in [7, 11) is 1.61. The number of benzene rings is 1. The molecular formula is C19H18N6O5. The molecule has 1 aliphatic heterocycles. The van der Waals surface area contributed by atoms with E-state index in [0.717, 1.165) is 4.90 Å². The van der Waals surface area contributed by atoms with Crippen molar-refractivity contribution in [2.24, 2.45) is 7.05 Å². The highest BCUT2D eigenvalue weighted by atomic mass is 16.6. The van der Waals surface area contributed by atoms with Crippen LogP contribution in [-0.4, -0.2) is 43.9 Å². The lowest BCUT2D eigenvalue weighted by Gasteiger charge is -2.13. The number of carbonyl (C=O) groups excluding carboxylic acids is 3. The Hall–Kier alpha value is -4.07. The number of nitriles is 1. The van der Waals surface area contributed by atoms with Crippen molar-refractivity contribution >= 4 is 29.2 Å². The summed E-state index contributed by atoms with van der Waals surface area (Å²) in [5, 5.41) is 26.7. The Bertz CT molecular complexity index is 1080. The number of rotatable bonds is 8. The van der Waals surface area contributed by atoms with E-state index in [4.69, 9.17) is 5.26 Å². The van der Waals surface area contributed by atoms with Gasteiger partial charge in [-0.25, -0.2) is 0 Å². The number of unbranched alkanes of at least 4 members (excludes halogenated alkanes) is 2. The topological polar surface area (TPSA) is 151 Å². The van der Waals surface area contributed by atoms with E-state index in [0.29, 0.717) is 25.1 Å². The molecular weight excluding hydrogens is 392 g/mol. The van der Waals surface area contributed by atoms with Crippen LogP contribution in [-0.2, 0) is 11.8 Å². The zero-order valence-electron chi connectivity index (χ0n) is 16.1. The quantitative estimate of drug-likeness (QED) is 0.302. The second-order valence-electron chi connectivity index (χ2n) is 6.72. The van der Waals surface area contributed by atoms with Crippen LogP contribution in [0, 0.1) is 21.4 Å². The van der Waals surface area contributed by atoms with Gasteiger partial charge in [0.1, 0.15) is 23.0 Å². The van der Waals surface area contributed by atoms with E-state index in [2.05, 4.69) is 10.4 Å². The number of fused-ring (bicyclic) bond motifs is 1. The molecule has 2 aromatic rings. The number of hydrogen-bond acceptors (Lipinski definition) is 7. The van der Waals surface area contributed by atoms with Crippen LogP contribution in [0.4, 0.5) is 11.5 Å². The average Bonchev–Trinajstić information content (AvgIpc) is 3.19. The van der Waals surface area contributed by atoms with E-state index in [1.54, 1.807) is 7.05 Å². The molecule has 0 fully saturated rings. The molecule has 11 heteroatoms. The summed E-state index contributed by atoms with van der Waals surface area (Å²) in [6.45, 7) is 0.116. The summed E-state index contributed by atoms with van der Waals surface area (Å²) in [6.07, 6.45) is 3.10. The number of anilines is 1. The standard InChI is InChI=1S/C19H18N6O5/c1-23-17(12(10-20)11-21-23)22-15(26)8-3-2-4-9-24-18(27)13-6-5-7-14(25(29)30)16(13)19(24)28/h5-7,11H,2-4,8-9H2,1H3,(H,22,26). The third-order valence-electron chi connectivity index (χ3n) is 4.78. The minimum atomic E-state index is -0.674. The first kappa shape index (κ1) is 20.7. The number of hydrogen-bond donors (Lipinski definition) is 1. The molecule has 0 saturated heterocycles. The number of nitro benzene ring substituents is 1. The Morgan fingerprint density at radius 3 is 2.73 bits per heavy atom. The molecule has 3 amide bonds. The van der Waals surface area contributed by atoms with E-state index < -0.39 is 16.7 Å². The fraction of sp³-hybridized carbons (Fsp3) is 0.316. The lowest BCUT2D eigenvalue weighted by atomic mass is 10.1. The highest BCUT2D eigenvalue weighted by Crippen LogP contribution is 2.30. The molecule has 30 heavy (non-hydrogen) atoms. The van der Waals surface area contributed by atoms with E-state index in [-0.39, 0.29) is 41.3 Å². The fourth-order valence-electron chi connectivity index (χ4n) is 3.27. The maximum Gasteiger partial charge on any atom is 0.282 e. The summed E-state index contributed by atoms with van der Waals surface area (Å²) < 4.78 is 1.40. The van der Waals surface area contributed by atoms with E-state index in [1.165, 1.54) is 29.1 Å². The van der Waals surface area contributed by atoms with Gasteiger partial charge in [-0.1, -0.05) is 12.5 Å². The highest BCUT2D eigenvalue weighted by Gasteiger charge is 2.40. The van der Waals surface area contributed by atoms with Crippen molar-refractivity contribution in [1.82, 2.24) is 14.7 Å². The van der Waals surface area contributed by atoms with Gasteiger partial charge < -0.3 is 5.32 Å². The van der Waals surface area contributed by atoms with Gasteiger partial charge in [0.2, 0.25) is 5.91 Å². The van der Waals surface area contributed by atoms with Gasteiger partial charge in [0.15, 0.2) is 0 Å². The average molecular weight is 410 g/mol. The van der Waals surface area contributed by atoms with Crippen LogP contribution in [0.3, 0.4) is 0 Å². The van der Waals surface area contributed by atoms with Gasteiger partial charge in [0.05, 0.1) is 16.7 Å². The molecule has 1 aliphatic rings. The summed E-state index contributed by atoms with van der Waals surface area (Å²) in [6, 6.07) is 5.93. The Morgan fingerprint density at radius 2 is 2.03 bits per heavy atom. The van der Waals surface area contributed by atoms with Crippen molar-refractivity contribution in [3.05, 3.63) is 51.2 Å². The van der Waals surface area contributed by atoms with Gasteiger partial charge in [-0.15, -0.1) is 0 Å². The SMILES string of the molecule is Cn1ncc(C#N)c1NC(=O)CCCCCN1C(=O)c2cccc([N+](=O)[O-])c2C1=O. The van der Waals surface area contributed by atoms with Crippen LogP contribution >= 0.6 is 0 Å². The predicted octanol–water partition coefficient (Wildman–Crippen LogP) is 2.00. The number of nitrogens with one attached hydrogen (secondary N) is 1. The minimum Gasteiger partial charge on any atom is -0.310 e. The summed E-state index contributed by atoms with van der Waals surface area (Å²) in [4.78, 5) is 48.4. The third kappa shape index (κ3) is 3.88. The Kier molecular flexibility index (Phi) is 5.87. The molecule has 154 valence electrons. The number of aryl methyl sites for hydroxylation is 1. The second-order valence-corrected chi connectivity index (χ2v) is 6.72. The smallest absolute Gasteiger partial charge is 0.282 e. The minimum absolute atomic E-state index is 0.0399. The van der Waals surface area contributed by atoms with Crippen molar-refractivity contribution in [3.63, 3.8) is 0 Å². The molecule has 11 nitrogen and oxygen atoms in total. The summed E-state index contributed by atoms with van der Waals surface area (Å²) in [5.41, 5.74) is -0.239. The first-order valence-electron chi connectivity index (χ1n) is 9.20. The molecule has 1 aromatic carbocycles. The van der Waals surface area contributed by atoms with E-state index in [9.17, 15) is 24.5 Å². The molecule has 0 bridgehead atoms. The van der Waals surface area contributed by atoms with Crippen molar-refractivity contribution < 1.29 is 19.3 Å². The Labute approximate surface area is 171 Å². The van der Waals surface area contributed by atoms with Crippen LogP contribution in [0.2, 0.25) is 0 Å². The maximum absolute atomic E-state index is 12.5. The zero-order chi connectivity index (χ0) is 21.8. The van der Waals surface area contributed by atoms with Crippen LogP contribution in [0.15, 0.2) is 24.4 Å². The number of nitrogens with zero attached hydrogens (tertiary/aromatic N) is 5. The molecule has 0 unspecified atom stereocenters. The fourth-order valence-corrected chi connectivity index (χ4v) is 3.27. The molecule has 0 radical (unpaired) electrons. The largest absolute Gasteiger partial charge is 0.310 e. The Balaban J connectivity index is 1.49. The molecule has 0 aliphatic carbocycles. The number of carbonyl (C=O) groups is 3. The van der Waals surface area contributed by atoms with E-state index >= 15 is 0 Å². The van der Waals surface area contributed by atoms with Gasteiger partial charge in [-0.05, 0) is 18.9 Å². The molecule has 1 N–H and O–H groups in total. The molecule has 0 atom stereocenters. The molecule has 0 saturated carbocycles. The van der Waals surface area contributed by atoms with Crippen LogP contribution in [0.25, 0.3) is 0 Å².